The van der Waals surface area contributed by atoms with Gasteiger partial charge in [0.1, 0.15) is 0 Å². The first-order valence-corrected chi connectivity index (χ1v) is 9.73. The van der Waals surface area contributed by atoms with E-state index in [4.69, 9.17) is 0 Å². The van der Waals surface area contributed by atoms with E-state index in [9.17, 15) is 13.2 Å². The maximum Gasteiger partial charge on any atom is 0.329 e. The highest BCUT2D eigenvalue weighted by molar-refractivity contribution is 7.91. The Bertz CT molecular complexity index is 895. The van der Waals surface area contributed by atoms with E-state index in [1.807, 2.05) is 61.5 Å². The molecule has 2 aromatic rings. The van der Waals surface area contributed by atoms with E-state index in [1.54, 1.807) is 9.80 Å². The van der Waals surface area contributed by atoms with E-state index in [-0.39, 0.29) is 29.6 Å². The van der Waals surface area contributed by atoms with Crippen LogP contribution in [0.15, 0.2) is 54.6 Å². The van der Waals surface area contributed by atoms with Crippen LogP contribution in [0.3, 0.4) is 0 Å². The largest absolute Gasteiger partial charge is 0.329 e. The van der Waals surface area contributed by atoms with Crippen molar-refractivity contribution < 1.29 is 13.2 Å². The van der Waals surface area contributed by atoms with Gasteiger partial charge in [0.05, 0.1) is 23.6 Å². The number of hydrogen-bond donors (Lipinski definition) is 0. The number of benzene rings is 2. The summed E-state index contributed by atoms with van der Waals surface area (Å²) in [5.41, 5.74) is 2.53. The molecule has 2 aromatic carbocycles. The molecule has 0 radical (unpaired) electrons. The van der Waals surface area contributed by atoms with Crippen LogP contribution in [0.5, 0.6) is 0 Å². The first kappa shape index (κ1) is 15.2. The molecule has 0 N–H and O–H groups in total. The van der Waals surface area contributed by atoms with Gasteiger partial charge in [-0.25, -0.2) is 13.2 Å². The molecule has 6 heteroatoms. The standard InChI is InChI=1S/C18H18N2O3S/c1-13-6-5-9-15(10-13)20-17-12-24(22,23)11-16(17)19(18(20)21)14-7-3-2-4-8-14/h2-10,16-17H,11-12H2,1H3/t16-,17-/m0/s1. The Morgan fingerprint density at radius 1 is 0.875 bits per heavy atom. The van der Waals surface area contributed by atoms with Gasteiger partial charge in [-0.1, -0.05) is 30.3 Å². The average molecular weight is 342 g/mol. The lowest BCUT2D eigenvalue weighted by molar-refractivity contribution is 0.255. The van der Waals surface area contributed by atoms with Crippen molar-refractivity contribution in [3.05, 3.63) is 60.2 Å². The number of hydrogen-bond acceptors (Lipinski definition) is 3. The van der Waals surface area contributed by atoms with Crippen molar-refractivity contribution in [3.63, 3.8) is 0 Å². The second kappa shape index (κ2) is 5.34. The highest BCUT2D eigenvalue weighted by Gasteiger charge is 2.54. The lowest BCUT2D eigenvalue weighted by atomic mass is 10.1. The summed E-state index contributed by atoms with van der Waals surface area (Å²) in [5.74, 6) is 0.0291. The molecule has 2 aliphatic rings. The Labute approximate surface area is 141 Å². The van der Waals surface area contributed by atoms with Crippen LogP contribution in [-0.4, -0.2) is 38.0 Å². The number of urea groups is 1. The number of nitrogens with zero attached hydrogens (tertiary/aromatic N) is 2. The summed E-state index contributed by atoms with van der Waals surface area (Å²) in [4.78, 5) is 16.4. The third-order valence-corrected chi connectivity index (χ3v) is 6.38. The number of para-hydroxylation sites is 1. The minimum atomic E-state index is -3.16. The quantitative estimate of drug-likeness (QED) is 0.788. The smallest absolute Gasteiger partial charge is 0.288 e. The zero-order valence-corrected chi connectivity index (χ0v) is 14.1. The van der Waals surface area contributed by atoms with Crippen LogP contribution < -0.4 is 9.80 Å². The highest BCUT2D eigenvalue weighted by Crippen LogP contribution is 2.37. The molecule has 0 aliphatic carbocycles. The second-order valence-electron chi connectivity index (χ2n) is 6.41. The normalized spacial score (nSPS) is 25.1. The fraction of sp³-hybridized carbons (Fsp3) is 0.278. The molecule has 0 saturated carbocycles. The first-order chi connectivity index (χ1) is 11.5. The third kappa shape index (κ3) is 2.38. The van der Waals surface area contributed by atoms with Gasteiger partial charge in [0.25, 0.3) is 0 Å². The molecule has 2 saturated heterocycles. The van der Waals surface area contributed by atoms with Crippen molar-refractivity contribution in [2.75, 3.05) is 21.3 Å². The SMILES string of the molecule is Cc1cccc(N2C(=O)N(c3ccccc3)[C@H]3CS(=O)(=O)C[C@@H]32)c1. The van der Waals surface area contributed by atoms with Crippen LogP contribution in [0.4, 0.5) is 16.2 Å². The average Bonchev–Trinajstić information content (AvgIpc) is 2.96. The van der Waals surface area contributed by atoms with E-state index >= 15 is 0 Å². The molecule has 4 rings (SSSR count). The molecule has 0 bridgehead atoms. The summed E-state index contributed by atoms with van der Waals surface area (Å²) in [6.07, 6.45) is 0. The Hall–Kier alpha value is -2.34. The number of amides is 2. The van der Waals surface area contributed by atoms with Gasteiger partial charge in [-0.15, -0.1) is 0 Å². The summed E-state index contributed by atoms with van der Waals surface area (Å²) in [7, 11) is -3.16. The van der Waals surface area contributed by atoms with Gasteiger partial charge in [0.2, 0.25) is 0 Å². The number of carbonyl (C=O) groups excluding carboxylic acids is 1. The summed E-state index contributed by atoms with van der Waals surface area (Å²) in [6.45, 7) is 1.96. The Morgan fingerprint density at radius 2 is 1.46 bits per heavy atom. The van der Waals surface area contributed by atoms with Crippen LogP contribution >= 0.6 is 0 Å². The topological polar surface area (TPSA) is 57.7 Å². The van der Waals surface area contributed by atoms with E-state index in [0.717, 1.165) is 16.9 Å². The molecule has 0 aromatic heterocycles. The van der Waals surface area contributed by atoms with Crippen LogP contribution in [0.1, 0.15) is 5.56 Å². The van der Waals surface area contributed by atoms with E-state index in [2.05, 4.69) is 0 Å². The molecular formula is C18H18N2O3S. The van der Waals surface area contributed by atoms with Crippen molar-refractivity contribution in [1.29, 1.82) is 0 Å². The van der Waals surface area contributed by atoms with Crippen LogP contribution in [-0.2, 0) is 9.84 Å². The second-order valence-corrected chi connectivity index (χ2v) is 8.56. The maximum atomic E-state index is 13.1. The summed E-state index contributed by atoms with van der Waals surface area (Å²) in [5, 5.41) is 0. The lowest BCUT2D eigenvalue weighted by Crippen LogP contribution is -2.37. The number of carbonyl (C=O) groups is 1. The van der Waals surface area contributed by atoms with Gasteiger partial charge in [-0.05, 0) is 36.8 Å². The first-order valence-electron chi connectivity index (χ1n) is 7.91. The summed E-state index contributed by atoms with van der Waals surface area (Å²) in [6, 6.07) is 16.1. The van der Waals surface area contributed by atoms with Gasteiger partial charge in [0.15, 0.2) is 9.84 Å². The molecule has 0 spiro atoms. The molecule has 2 aliphatic heterocycles. The molecule has 24 heavy (non-hydrogen) atoms. The van der Waals surface area contributed by atoms with E-state index in [0.29, 0.717) is 0 Å². The monoisotopic (exact) mass is 342 g/mol. The number of rotatable bonds is 2. The lowest BCUT2D eigenvalue weighted by Gasteiger charge is -2.23. The minimum Gasteiger partial charge on any atom is -0.288 e. The molecular weight excluding hydrogens is 324 g/mol. The van der Waals surface area contributed by atoms with Gasteiger partial charge in [0, 0.05) is 11.4 Å². The molecule has 2 heterocycles. The fourth-order valence-corrected chi connectivity index (χ4v) is 5.59. The van der Waals surface area contributed by atoms with Crippen molar-refractivity contribution in [2.24, 2.45) is 0 Å². The minimum absolute atomic E-state index is 0.0145. The van der Waals surface area contributed by atoms with E-state index in [1.165, 1.54) is 0 Å². The molecule has 2 atom stereocenters. The molecule has 2 amide bonds. The van der Waals surface area contributed by atoms with Gasteiger partial charge in [-0.3, -0.25) is 9.80 Å². The zero-order valence-electron chi connectivity index (χ0n) is 13.3. The number of aryl methyl sites for hydroxylation is 1. The van der Waals surface area contributed by atoms with Crippen molar-refractivity contribution >= 4 is 27.2 Å². The van der Waals surface area contributed by atoms with Gasteiger partial charge >= 0.3 is 6.03 Å². The fourth-order valence-electron chi connectivity index (χ4n) is 3.67. The Kier molecular flexibility index (Phi) is 3.38. The van der Waals surface area contributed by atoms with Crippen molar-refractivity contribution in [3.8, 4) is 0 Å². The molecule has 0 unspecified atom stereocenters. The van der Waals surface area contributed by atoms with Gasteiger partial charge in [-0.2, -0.15) is 0 Å². The zero-order chi connectivity index (χ0) is 16.9. The van der Waals surface area contributed by atoms with Crippen LogP contribution in [0.2, 0.25) is 0 Å². The van der Waals surface area contributed by atoms with E-state index < -0.39 is 9.84 Å². The van der Waals surface area contributed by atoms with Crippen LogP contribution in [0, 0.1) is 6.92 Å². The predicted molar refractivity (Wildman–Crippen MR) is 94.2 cm³/mol. The maximum absolute atomic E-state index is 13.1. The molecule has 2 fully saturated rings. The summed E-state index contributed by atoms with van der Waals surface area (Å²) < 4.78 is 24.4. The van der Waals surface area contributed by atoms with Crippen LogP contribution in [0.25, 0.3) is 0 Å². The number of anilines is 2. The van der Waals surface area contributed by atoms with Gasteiger partial charge < -0.3 is 0 Å². The predicted octanol–water partition coefficient (Wildman–Crippen LogP) is 2.61. The number of sulfone groups is 1. The van der Waals surface area contributed by atoms with Crippen molar-refractivity contribution in [1.82, 2.24) is 0 Å². The highest BCUT2D eigenvalue weighted by atomic mass is 32.2. The number of fused-ring (bicyclic) bond motifs is 1. The Morgan fingerprint density at radius 3 is 2.08 bits per heavy atom. The Balaban J connectivity index is 1.82. The molecule has 5 nitrogen and oxygen atoms in total. The molecule has 124 valence electrons. The van der Waals surface area contributed by atoms with Crippen molar-refractivity contribution in [2.45, 2.75) is 19.0 Å². The summed E-state index contributed by atoms with van der Waals surface area (Å²) >= 11 is 0. The third-order valence-electron chi connectivity index (χ3n) is 4.68.